The van der Waals surface area contributed by atoms with Gasteiger partial charge in [-0.1, -0.05) is 53.7 Å². The third-order valence-corrected chi connectivity index (χ3v) is 7.91. The molecule has 0 bridgehead atoms. The minimum absolute atomic E-state index is 0.0893. The predicted octanol–water partition coefficient (Wildman–Crippen LogP) is 6.38. The van der Waals surface area contributed by atoms with Gasteiger partial charge in [-0.3, -0.25) is 0 Å². The number of nitrogens with zero attached hydrogens (tertiary/aromatic N) is 3. The molecule has 1 aliphatic carbocycles. The van der Waals surface area contributed by atoms with Crippen LogP contribution in [0.3, 0.4) is 0 Å². The van der Waals surface area contributed by atoms with Gasteiger partial charge < -0.3 is 9.80 Å². The van der Waals surface area contributed by atoms with E-state index >= 15 is 0 Å². The predicted molar refractivity (Wildman–Crippen MR) is 114 cm³/mol. The highest BCUT2D eigenvalue weighted by molar-refractivity contribution is 5.85. The zero-order valence-corrected chi connectivity index (χ0v) is 17.5. The van der Waals surface area contributed by atoms with Gasteiger partial charge in [0, 0.05) is 12.7 Å². The molecule has 27 heavy (non-hydrogen) atoms. The molecule has 4 rings (SSSR count). The summed E-state index contributed by atoms with van der Waals surface area (Å²) in [6, 6.07) is 12.8. The van der Waals surface area contributed by atoms with Crippen molar-refractivity contribution in [3.63, 3.8) is 0 Å². The summed E-state index contributed by atoms with van der Waals surface area (Å²) in [4.78, 5) is 8.25. The standard InChI is InChI=1S/C24H29N3/c1-22(2)18-13-20-21(14-19(18)23(3,4)24(22,5)6)27(15-26(20)8)17-11-9-10-16(12-17)25-7/h9-14H,15H2,1-6,8H3. The van der Waals surface area contributed by atoms with Crippen LogP contribution in [0.2, 0.25) is 0 Å². The molecule has 0 saturated heterocycles. The Morgan fingerprint density at radius 1 is 0.889 bits per heavy atom. The molecule has 0 N–H and O–H groups in total. The van der Waals surface area contributed by atoms with E-state index in [0.29, 0.717) is 5.69 Å². The van der Waals surface area contributed by atoms with Crippen LogP contribution >= 0.6 is 0 Å². The Bertz CT molecular complexity index is 976. The van der Waals surface area contributed by atoms with Crippen molar-refractivity contribution < 1.29 is 0 Å². The lowest BCUT2D eigenvalue weighted by Gasteiger charge is -2.44. The van der Waals surface area contributed by atoms with E-state index in [-0.39, 0.29) is 16.2 Å². The molecule has 0 spiro atoms. The molecule has 1 aliphatic heterocycles. The Morgan fingerprint density at radius 2 is 1.48 bits per heavy atom. The summed E-state index contributed by atoms with van der Waals surface area (Å²) >= 11 is 0. The average Bonchev–Trinajstić information content (AvgIpc) is 3.00. The normalized spacial score (nSPS) is 21.0. The van der Waals surface area contributed by atoms with E-state index in [0.717, 1.165) is 12.4 Å². The van der Waals surface area contributed by atoms with Crippen LogP contribution in [0, 0.1) is 12.0 Å². The van der Waals surface area contributed by atoms with E-state index in [2.05, 4.69) is 81.4 Å². The van der Waals surface area contributed by atoms with Gasteiger partial charge in [-0.05, 0) is 51.6 Å². The van der Waals surface area contributed by atoms with Gasteiger partial charge in [-0.25, -0.2) is 4.85 Å². The molecular weight excluding hydrogens is 330 g/mol. The van der Waals surface area contributed by atoms with E-state index < -0.39 is 0 Å². The van der Waals surface area contributed by atoms with Gasteiger partial charge in [0.2, 0.25) is 0 Å². The van der Waals surface area contributed by atoms with Gasteiger partial charge in [0.1, 0.15) is 0 Å². The first kappa shape index (κ1) is 17.9. The van der Waals surface area contributed by atoms with E-state index in [1.165, 1.54) is 22.5 Å². The summed E-state index contributed by atoms with van der Waals surface area (Å²) in [5.74, 6) is 0. The molecule has 0 fully saturated rings. The molecule has 0 saturated carbocycles. The number of hydrogen-bond donors (Lipinski definition) is 0. The number of rotatable bonds is 1. The average molecular weight is 360 g/mol. The summed E-state index contributed by atoms with van der Waals surface area (Å²) in [6.07, 6.45) is 0. The fourth-order valence-electron chi connectivity index (χ4n) is 4.90. The Labute approximate surface area is 163 Å². The monoisotopic (exact) mass is 359 g/mol. The number of hydrogen-bond acceptors (Lipinski definition) is 2. The maximum Gasteiger partial charge on any atom is 0.189 e. The first-order chi connectivity index (χ1) is 12.5. The summed E-state index contributed by atoms with van der Waals surface area (Å²) in [5.41, 5.74) is 7.59. The van der Waals surface area contributed by atoms with Gasteiger partial charge in [0.05, 0.1) is 24.6 Å². The van der Waals surface area contributed by atoms with Gasteiger partial charge in [-0.2, -0.15) is 0 Å². The first-order valence-corrected chi connectivity index (χ1v) is 9.67. The zero-order chi connectivity index (χ0) is 19.8. The van der Waals surface area contributed by atoms with Crippen LogP contribution in [0.5, 0.6) is 0 Å². The number of anilines is 3. The molecule has 3 nitrogen and oxygen atoms in total. The highest BCUT2D eigenvalue weighted by atomic mass is 15.4. The van der Waals surface area contributed by atoms with Gasteiger partial charge in [-0.15, -0.1) is 0 Å². The number of benzene rings is 2. The second-order valence-corrected chi connectivity index (χ2v) is 9.66. The maximum atomic E-state index is 7.33. The van der Waals surface area contributed by atoms with Crippen LogP contribution in [-0.2, 0) is 10.8 Å². The third kappa shape index (κ3) is 2.13. The van der Waals surface area contributed by atoms with Crippen LogP contribution in [0.25, 0.3) is 4.85 Å². The molecular formula is C24H29N3. The highest BCUT2D eigenvalue weighted by Gasteiger charge is 2.57. The fraction of sp³-hybridized carbons (Fsp3) is 0.458. The van der Waals surface area contributed by atoms with Crippen LogP contribution in [0.1, 0.15) is 52.7 Å². The van der Waals surface area contributed by atoms with Crippen LogP contribution in [0.4, 0.5) is 22.7 Å². The lowest BCUT2D eigenvalue weighted by Crippen LogP contribution is -2.42. The van der Waals surface area contributed by atoms with Crippen LogP contribution < -0.4 is 9.80 Å². The van der Waals surface area contributed by atoms with E-state index in [4.69, 9.17) is 6.57 Å². The zero-order valence-electron chi connectivity index (χ0n) is 17.5. The minimum atomic E-state index is 0.0893. The van der Waals surface area contributed by atoms with Gasteiger partial charge >= 0.3 is 0 Å². The van der Waals surface area contributed by atoms with Crippen LogP contribution in [0.15, 0.2) is 36.4 Å². The van der Waals surface area contributed by atoms with E-state index in [9.17, 15) is 0 Å². The second-order valence-electron chi connectivity index (χ2n) is 9.66. The van der Waals surface area contributed by atoms with Crippen molar-refractivity contribution in [3.8, 4) is 0 Å². The minimum Gasteiger partial charge on any atom is -0.355 e. The lowest BCUT2D eigenvalue weighted by molar-refractivity contribution is 0.125. The van der Waals surface area contributed by atoms with E-state index in [1.807, 2.05) is 18.2 Å². The largest absolute Gasteiger partial charge is 0.355 e. The van der Waals surface area contributed by atoms with Crippen molar-refractivity contribution in [2.24, 2.45) is 5.41 Å². The summed E-state index contributed by atoms with van der Waals surface area (Å²) in [7, 11) is 2.15. The molecule has 0 unspecified atom stereocenters. The Morgan fingerprint density at radius 3 is 2.07 bits per heavy atom. The third-order valence-electron chi connectivity index (χ3n) is 7.91. The molecule has 0 amide bonds. The topological polar surface area (TPSA) is 10.8 Å². The van der Waals surface area contributed by atoms with E-state index in [1.54, 1.807) is 0 Å². The molecule has 1 heterocycles. The highest BCUT2D eigenvalue weighted by Crippen LogP contribution is 2.63. The van der Waals surface area contributed by atoms with Crippen LogP contribution in [-0.4, -0.2) is 13.7 Å². The molecule has 0 aromatic heterocycles. The fourth-order valence-corrected chi connectivity index (χ4v) is 4.90. The Balaban J connectivity index is 1.92. The summed E-state index contributed by atoms with van der Waals surface area (Å²) in [5, 5.41) is 0. The maximum absolute atomic E-state index is 7.33. The van der Waals surface area contributed by atoms with Crippen molar-refractivity contribution in [2.75, 3.05) is 23.5 Å². The molecule has 2 aromatic rings. The summed E-state index contributed by atoms with van der Waals surface area (Å²) < 4.78 is 0. The number of fused-ring (bicyclic) bond motifs is 2. The molecule has 2 aliphatic rings. The Kier molecular flexibility index (Phi) is 3.51. The first-order valence-electron chi connectivity index (χ1n) is 9.67. The molecule has 3 heteroatoms. The summed E-state index contributed by atoms with van der Waals surface area (Å²) in [6.45, 7) is 22.5. The van der Waals surface area contributed by atoms with Crippen molar-refractivity contribution in [1.29, 1.82) is 0 Å². The van der Waals surface area contributed by atoms with Gasteiger partial charge in [0.15, 0.2) is 5.69 Å². The molecule has 0 radical (unpaired) electrons. The Hall–Kier alpha value is -2.47. The van der Waals surface area contributed by atoms with Crippen molar-refractivity contribution >= 4 is 22.7 Å². The SMILES string of the molecule is [C-]#[N+]c1cccc(N2CN(C)c3cc4c(cc32)C(C)(C)C(C)(C)C4(C)C)c1. The molecule has 0 atom stereocenters. The quantitative estimate of drug-likeness (QED) is 0.547. The molecule has 2 aromatic carbocycles. The van der Waals surface area contributed by atoms with Crippen molar-refractivity contribution in [1.82, 2.24) is 0 Å². The van der Waals surface area contributed by atoms with Gasteiger partial charge in [0.25, 0.3) is 0 Å². The molecule has 140 valence electrons. The second kappa shape index (κ2) is 5.29. The van der Waals surface area contributed by atoms with Crippen molar-refractivity contribution in [2.45, 2.75) is 52.4 Å². The van der Waals surface area contributed by atoms with Crippen molar-refractivity contribution in [3.05, 3.63) is 58.9 Å². The smallest absolute Gasteiger partial charge is 0.189 e. The lowest BCUT2D eigenvalue weighted by atomic mass is 9.59.